The van der Waals surface area contributed by atoms with Crippen molar-refractivity contribution in [2.75, 3.05) is 13.6 Å². The molecule has 28 heavy (non-hydrogen) atoms. The average Bonchev–Trinajstić information content (AvgIpc) is 2.64. The Kier molecular flexibility index (Phi) is 7.03. The molecule has 0 aliphatic heterocycles. The van der Waals surface area contributed by atoms with E-state index >= 15 is 0 Å². The summed E-state index contributed by atoms with van der Waals surface area (Å²) in [6.45, 7) is 0.889. The van der Waals surface area contributed by atoms with E-state index < -0.39 is 21.8 Å². The zero-order valence-electron chi connectivity index (χ0n) is 15.1. The summed E-state index contributed by atoms with van der Waals surface area (Å²) in [7, 11) is -2.13. The summed E-state index contributed by atoms with van der Waals surface area (Å²) in [5, 5.41) is 11.2. The van der Waals surface area contributed by atoms with E-state index in [4.69, 9.17) is 5.14 Å². The molecule has 0 aromatic heterocycles. The lowest BCUT2D eigenvalue weighted by Gasteiger charge is -2.12. The highest BCUT2D eigenvalue weighted by Crippen LogP contribution is 2.29. The maximum Gasteiger partial charge on any atom is 0.416 e. The average molecular weight is 414 g/mol. The van der Waals surface area contributed by atoms with Crippen LogP contribution in [0, 0.1) is 0 Å². The van der Waals surface area contributed by atoms with Crippen LogP contribution in [0.4, 0.5) is 13.2 Å². The van der Waals surface area contributed by atoms with Gasteiger partial charge in [0.25, 0.3) is 0 Å². The van der Waals surface area contributed by atoms with Crippen LogP contribution >= 0.6 is 0 Å². The monoisotopic (exact) mass is 414 g/mol. The Hall–Kier alpha value is -2.59. The number of hydrogen-bond donors (Lipinski definition) is 3. The van der Waals surface area contributed by atoms with E-state index in [1.807, 2.05) is 0 Å². The van der Waals surface area contributed by atoms with E-state index in [0.717, 1.165) is 23.3 Å². The highest BCUT2D eigenvalue weighted by atomic mass is 32.2. The fourth-order valence-corrected chi connectivity index (χ4v) is 2.90. The first-order valence-corrected chi connectivity index (χ1v) is 9.86. The molecule has 0 atom stereocenters. The number of aliphatic imine (C=N–C) groups is 1. The summed E-state index contributed by atoms with van der Waals surface area (Å²) in [6, 6.07) is 11.2. The van der Waals surface area contributed by atoms with Crippen molar-refractivity contribution in [3.05, 3.63) is 65.2 Å². The number of sulfonamides is 1. The van der Waals surface area contributed by atoms with Gasteiger partial charge in [0.1, 0.15) is 0 Å². The van der Waals surface area contributed by atoms with E-state index in [-0.39, 0.29) is 4.90 Å². The van der Waals surface area contributed by atoms with E-state index in [1.54, 1.807) is 19.2 Å². The smallest absolute Gasteiger partial charge is 0.356 e. The Morgan fingerprint density at radius 2 is 1.57 bits per heavy atom. The van der Waals surface area contributed by atoms with Crippen molar-refractivity contribution in [1.82, 2.24) is 10.6 Å². The summed E-state index contributed by atoms with van der Waals surface area (Å²) in [6.07, 6.45) is -3.81. The molecular weight excluding hydrogens is 393 g/mol. The highest BCUT2D eigenvalue weighted by Gasteiger charge is 2.29. The molecular formula is C18H21F3N4O2S. The van der Waals surface area contributed by atoms with Gasteiger partial charge < -0.3 is 10.6 Å². The lowest BCUT2D eigenvalue weighted by atomic mass is 10.1. The topological polar surface area (TPSA) is 96.6 Å². The third kappa shape index (κ3) is 6.54. The first-order valence-electron chi connectivity index (χ1n) is 8.32. The van der Waals surface area contributed by atoms with Crippen molar-refractivity contribution in [3.8, 4) is 0 Å². The van der Waals surface area contributed by atoms with Crippen LogP contribution in [0.2, 0.25) is 0 Å². The molecule has 152 valence electrons. The predicted octanol–water partition coefficient (Wildman–Crippen LogP) is 2.26. The fraction of sp³-hybridized carbons (Fsp3) is 0.278. The Morgan fingerprint density at radius 3 is 2.07 bits per heavy atom. The fourth-order valence-electron chi connectivity index (χ4n) is 2.39. The van der Waals surface area contributed by atoms with Crippen LogP contribution in [0.15, 0.2) is 58.4 Å². The quantitative estimate of drug-likeness (QED) is 0.499. The number of primary sulfonamides is 1. The molecule has 2 aromatic carbocycles. The van der Waals surface area contributed by atoms with Crippen LogP contribution < -0.4 is 15.8 Å². The number of nitrogens with two attached hydrogens (primary N) is 1. The maximum absolute atomic E-state index is 12.6. The molecule has 6 nitrogen and oxygen atoms in total. The van der Waals surface area contributed by atoms with Crippen LogP contribution in [0.5, 0.6) is 0 Å². The molecule has 0 saturated heterocycles. The van der Waals surface area contributed by atoms with Gasteiger partial charge in [-0.15, -0.1) is 0 Å². The number of nitrogens with zero attached hydrogens (tertiary/aromatic N) is 1. The number of benzene rings is 2. The van der Waals surface area contributed by atoms with Gasteiger partial charge in [0, 0.05) is 20.1 Å². The van der Waals surface area contributed by atoms with Gasteiger partial charge in [0.2, 0.25) is 10.0 Å². The van der Waals surface area contributed by atoms with Crippen LogP contribution in [-0.2, 0) is 29.2 Å². The molecule has 4 N–H and O–H groups in total. The molecule has 0 heterocycles. The highest BCUT2D eigenvalue weighted by molar-refractivity contribution is 7.89. The third-order valence-corrected chi connectivity index (χ3v) is 4.85. The van der Waals surface area contributed by atoms with Crippen molar-refractivity contribution in [1.29, 1.82) is 0 Å². The van der Waals surface area contributed by atoms with E-state index in [1.165, 1.54) is 24.3 Å². The molecule has 0 spiro atoms. The largest absolute Gasteiger partial charge is 0.416 e. The molecule has 2 aromatic rings. The SMILES string of the molecule is CN=C(NCCc1ccc(C(F)(F)F)cc1)NCc1ccc(S(N)(=O)=O)cc1. The zero-order chi connectivity index (χ0) is 20.8. The number of rotatable bonds is 6. The summed E-state index contributed by atoms with van der Waals surface area (Å²) in [5.74, 6) is 0.516. The third-order valence-electron chi connectivity index (χ3n) is 3.92. The number of nitrogens with one attached hydrogen (secondary N) is 2. The lowest BCUT2D eigenvalue weighted by Crippen LogP contribution is -2.37. The van der Waals surface area contributed by atoms with Gasteiger partial charge in [-0.25, -0.2) is 13.6 Å². The summed E-state index contributed by atoms with van der Waals surface area (Å²) in [5.41, 5.74) is 0.933. The number of alkyl halides is 3. The van der Waals surface area contributed by atoms with Crippen molar-refractivity contribution >= 4 is 16.0 Å². The van der Waals surface area contributed by atoms with Crippen LogP contribution in [0.3, 0.4) is 0 Å². The minimum Gasteiger partial charge on any atom is -0.356 e. The second-order valence-electron chi connectivity index (χ2n) is 5.99. The molecule has 0 saturated carbocycles. The Bertz CT molecular complexity index is 909. The first kappa shape index (κ1) is 21.7. The van der Waals surface area contributed by atoms with Gasteiger partial charge in [-0.1, -0.05) is 24.3 Å². The minimum absolute atomic E-state index is 0.0373. The number of halogens is 3. The Labute approximate surface area is 161 Å². The van der Waals surface area contributed by atoms with Crippen molar-refractivity contribution in [3.63, 3.8) is 0 Å². The summed E-state index contributed by atoms with van der Waals surface area (Å²) < 4.78 is 60.1. The van der Waals surface area contributed by atoms with E-state index in [2.05, 4.69) is 15.6 Å². The lowest BCUT2D eigenvalue weighted by molar-refractivity contribution is -0.137. The van der Waals surface area contributed by atoms with Crippen molar-refractivity contribution < 1.29 is 21.6 Å². The van der Waals surface area contributed by atoms with E-state index in [0.29, 0.717) is 25.5 Å². The van der Waals surface area contributed by atoms with Gasteiger partial charge in [-0.2, -0.15) is 13.2 Å². The van der Waals surface area contributed by atoms with Gasteiger partial charge >= 0.3 is 6.18 Å². The molecule has 0 fully saturated rings. The van der Waals surface area contributed by atoms with Gasteiger partial charge in [-0.3, -0.25) is 4.99 Å². The van der Waals surface area contributed by atoms with Gasteiger partial charge in [0.05, 0.1) is 10.5 Å². The first-order chi connectivity index (χ1) is 13.1. The van der Waals surface area contributed by atoms with E-state index in [9.17, 15) is 21.6 Å². The predicted molar refractivity (Wildman–Crippen MR) is 101 cm³/mol. The van der Waals surface area contributed by atoms with Crippen LogP contribution in [0.1, 0.15) is 16.7 Å². The molecule has 0 radical (unpaired) electrons. The normalized spacial score (nSPS) is 12.7. The van der Waals surface area contributed by atoms with Crippen LogP contribution in [0.25, 0.3) is 0 Å². The standard InChI is InChI=1S/C18H21F3N4O2S/c1-23-17(25-12-14-4-8-16(9-5-14)28(22,26)27)24-11-10-13-2-6-15(7-3-13)18(19,20)21/h2-9H,10-12H2,1H3,(H2,22,26,27)(H2,23,24,25). The molecule has 0 amide bonds. The number of hydrogen-bond acceptors (Lipinski definition) is 3. The molecule has 0 bridgehead atoms. The molecule has 0 aliphatic rings. The van der Waals surface area contributed by atoms with Gasteiger partial charge in [0.15, 0.2) is 5.96 Å². The Morgan fingerprint density at radius 1 is 1.00 bits per heavy atom. The molecule has 10 heteroatoms. The zero-order valence-corrected chi connectivity index (χ0v) is 15.9. The van der Waals surface area contributed by atoms with Crippen LogP contribution in [-0.4, -0.2) is 28.0 Å². The maximum atomic E-state index is 12.6. The molecule has 2 rings (SSSR count). The Balaban J connectivity index is 1.81. The summed E-state index contributed by atoms with van der Waals surface area (Å²) >= 11 is 0. The van der Waals surface area contributed by atoms with Gasteiger partial charge in [-0.05, 0) is 41.8 Å². The number of guanidine groups is 1. The molecule has 0 aliphatic carbocycles. The summed E-state index contributed by atoms with van der Waals surface area (Å²) in [4.78, 5) is 4.10. The second kappa shape index (κ2) is 9.07. The second-order valence-corrected chi connectivity index (χ2v) is 7.55. The van der Waals surface area contributed by atoms with Crippen molar-refractivity contribution in [2.45, 2.75) is 24.0 Å². The van der Waals surface area contributed by atoms with Crippen molar-refractivity contribution in [2.24, 2.45) is 10.1 Å². The molecule has 0 unspecified atom stereocenters. The minimum atomic E-state index is -4.34.